The molecule has 0 aliphatic carbocycles. The van der Waals surface area contributed by atoms with Gasteiger partial charge in [-0.05, 0) is 56.0 Å². The molecule has 8 nitrogen and oxygen atoms in total. The predicted molar refractivity (Wildman–Crippen MR) is 119 cm³/mol. The van der Waals surface area contributed by atoms with E-state index in [2.05, 4.69) is 9.97 Å². The van der Waals surface area contributed by atoms with E-state index in [1.807, 2.05) is 11.0 Å². The second-order valence-corrected chi connectivity index (χ2v) is 8.50. The number of H-pyrrole nitrogens is 1. The van der Waals surface area contributed by atoms with Gasteiger partial charge in [0.1, 0.15) is 17.6 Å². The third-order valence-electron chi connectivity index (χ3n) is 6.63. The molecule has 0 radical (unpaired) electrons. The van der Waals surface area contributed by atoms with E-state index >= 15 is 0 Å². The predicted octanol–water partition coefficient (Wildman–Crippen LogP) is 2.98. The van der Waals surface area contributed by atoms with Crippen LogP contribution in [0.1, 0.15) is 47.8 Å². The van der Waals surface area contributed by atoms with Gasteiger partial charge in [0.05, 0.1) is 24.3 Å². The molecule has 1 N–H and O–H groups in total. The van der Waals surface area contributed by atoms with Gasteiger partial charge in [-0.2, -0.15) is 0 Å². The lowest BCUT2D eigenvalue weighted by Crippen LogP contribution is -2.49. The largest absolute Gasteiger partial charge is 0.497 e. The van der Waals surface area contributed by atoms with Gasteiger partial charge in [-0.25, -0.2) is 4.98 Å². The molecule has 2 amide bonds. The fourth-order valence-corrected chi connectivity index (χ4v) is 4.82. The van der Waals surface area contributed by atoms with Crippen LogP contribution in [0.15, 0.2) is 42.7 Å². The van der Waals surface area contributed by atoms with Crippen LogP contribution >= 0.6 is 0 Å². The van der Waals surface area contributed by atoms with Gasteiger partial charge in [0.25, 0.3) is 5.91 Å². The highest BCUT2D eigenvalue weighted by atomic mass is 16.5. The summed E-state index contributed by atoms with van der Waals surface area (Å²) >= 11 is 0. The van der Waals surface area contributed by atoms with Crippen molar-refractivity contribution in [1.82, 2.24) is 24.8 Å². The zero-order valence-corrected chi connectivity index (χ0v) is 18.2. The van der Waals surface area contributed by atoms with Crippen molar-refractivity contribution in [1.29, 1.82) is 0 Å². The van der Waals surface area contributed by atoms with E-state index in [0.717, 1.165) is 42.5 Å². The highest BCUT2D eigenvalue weighted by Crippen LogP contribution is 2.30. The summed E-state index contributed by atoms with van der Waals surface area (Å²) in [7, 11) is 1.60. The Bertz CT molecular complexity index is 1090. The fourth-order valence-electron chi connectivity index (χ4n) is 4.82. The number of piperidine rings is 1. The van der Waals surface area contributed by atoms with Gasteiger partial charge in [0, 0.05) is 37.3 Å². The van der Waals surface area contributed by atoms with Crippen molar-refractivity contribution in [2.45, 2.75) is 37.6 Å². The molecule has 1 atom stereocenters. The molecule has 2 aromatic heterocycles. The summed E-state index contributed by atoms with van der Waals surface area (Å²) in [5, 5.41) is 0. The SMILES string of the molecule is COc1ccc(C(=O)N2CCCC2C(=O)N2CCC(c3nc4ccncc4[nH]3)CC2)cc1. The van der Waals surface area contributed by atoms with E-state index in [4.69, 9.17) is 9.72 Å². The summed E-state index contributed by atoms with van der Waals surface area (Å²) in [5.74, 6) is 1.95. The van der Waals surface area contributed by atoms with E-state index in [9.17, 15) is 9.59 Å². The topological polar surface area (TPSA) is 91.4 Å². The fraction of sp³-hybridized carbons (Fsp3) is 0.417. The minimum Gasteiger partial charge on any atom is -0.497 e. The average molecular weight is 434 g/mol. The highest BCUT2D eigenvalue weighted by Gasteiger charge is 2.38. The number of aromatic nitrogens is 3. The van der Waals surface area contributed by atoms with Gasteiger partial charge >= 0.3 is 0 Å². The zero-order valence-electron chi connectivity index (χ0n) is 18.2. The van der Waals surface area contributed by atoms with E-state index in [1.54, 1.807) is 48.7 Å². The van der Waals surface area contributed by atoms with Crippen LogP contribution in [0.4, 0.5) is 0 Å². The van der Waals surface area contributed by atoms with Crippen molar-refractivity contribution in [2.75, 3.05) is 26.7 Å². The average Bonchev–Trinajstić information content (AvgIpc) is 3.51. The number of amides is 2. The number of nitrogens with one attached hydrogen (secondary N) is 1. The molecule has 0 bridgehead atoms. The monoisotopic (exact) mass is 433 g/mol. The molecule has 2 aliphatic rings. The Hall–Kier alpha value is -3.42. The molecule has 2 aliphatic heterocycles. The lowest BCUT2D eigenvalue weighted by molar-refractivity contribution is -0.136. The minimum atomic E-state index is -0.376. The molecule has 5 rings (SSSR count). The molecule has 4 heterocycles. The number of methoxy groups -OCH3 is 1. The van der Waals surface area contributed by atoms with E-state index < -0.39 is 0 Å². The maximum atomic E-state index is 13.3. The number of benzene rings is 1. The number of nitrogens with zero attached hydrogens (tertiary/aromatic N) is 4. The molecule has 8 heteroatoms. The number of pyridine rings is 1. The number of carbonyl (C=O) groups excluding carboxylic acids is 2. The van der Waals surface area contributed by atoms with Crippen LogP contribution < -0.4 is 4.74 Å². The standard InChI is InChI=1S/C24H27N5O3/c1-32-18-6-4-17(5-7-18)23(30)29-12-2-3-21(29)24(31)28-13-9-16(10-14-28)22-26-19-8-11-25-15-20(19)27-22/h4-8,11,15-16,21H,2-3,9-10,12-14H2,1H3,(H,26,27). The van der Waals surface area contributed by atoms with Crippen molar-refractivity contribution < 1.29 is 14.3 Å². The van der Waals surface area contributed by atoms with Gasteiger partial charge in [-0.15, -0.1) is 0 Å². The number of fused-ring (bicyclic) bond motifs is 1. The van der Waals surface area contributed by atoms with Gasteiger partial charge in [-0.1, -0.05) is 0 Å². The third kappa shape index (κ3) is 3.81. The molecule has 32 heavy (non-hydrogen) atoms. The number of ether oxygens (including phenoxy) is 1. The summed E-state index contributed by atoms with van der Waals surface area (Å²) in [5.41, 5.74) is 2.45. The van der Waals surface area contributed by atoms with Crippen molar-refractivity contribution >= 4 is 22.8 Å². The Morgan fingerprint density at radius 2 is 1.84 bits per heavy atom. The van der Waals surface area contributed by atoms with Crippen molar-refractivity contribution in [2.24, 2.45) is 0 Å². The number of rotatable bonds is 4. The molecule has 2 saturated heterocycles. The molecule has 0 spiro atoms. The van der Waals surface area contributed by atoms with Crippen LogP contribution in [0.25, 0.3) is 11.0 Å². The maximum absolute atomic E-state index is 13.3. The van der Waals surface area contributed by atoms with Crippen LogP contribution in [0.5, 0.6) is 5.75 Å². The summed E-state index contributed by atoms with van der Waals surface area (Å²) in [6.07, 6.45) is 6.82. The van der Waals surface area contributed by atoms with Crippen LogP contribution in [-0.2, 0) is 4.79 Å². The Labute approximate surface area is 186 Å². The minimum absolute atomic E-state index is 0.0663. The molecule has 3 aromatic rings. The smallest absolute Gasteiger partial charge is 0.254 e. The van der Waals surface area contributed by atoms with Crippen LogP contribution in [-0.4, -0.2) is 69.4 Å². The number of hydrogen-bond acceptors (Lipinski definition) is 5. The summed E-state index contributed by atoms with van der Waals surface area (Å²) in [6.45, 7) is 1.98. The van der Waals surface area contributed by atoms with Crippen LogP contribution in [0, 0.1) is 0 Å². The summed E-state index contributed by atoms with van der Waals surface area (Å²) in [4.78, 5) is 42.3. The van der Waals surface area contributed by atoms with E-state index in [0.29, 0.717) is 36.9 Å². The Balaban J connectivity index is 1.23. The quantitative estimate of drug-likeness (QED) is 0.683. The van der Waals surface area contributed by atoms with Crippen molar-refractivity contribution in [3.05, 3.63) is 54.1 Å². The zero-order chi connectivity index (χ0) is 22.1. The van der Waals surface area contributed by atoms with Crippen LogP contribution in [0.3, 0.4) is 0 Å². The lowest BCUT2D eigenvalue weighted by Gasteiger charge is -2.35. The molecule has 0 saturated carbocycles. The van der Waals surface area contributed by atoms with Crippen molar-refractivity contribution in [3.8, 4) is 5.75 Å². The van der Waals surface area contributed by atoms with Gasteiger partial charge in [-0.3, -0.25) is 14.6 Å². The molecule has 166 valence electrons. The molecular formula is C24H27N5O3. The number of likely N-dealkylation sites (tertiary alicyclic amines) is 2. The number of hydrogen-bond donors (Lipinski definition) is 1. The van der Waals surface area contributed by atoms with Gasteiger partial charge in [0.15, 0.2) is 0 Å². The van der Waals surface area contributed by atoms with Gasteiger partial charge in [0.2, 0.25) is 5.91 Å². The lowest BCUT2D eigenvalue weighted by atomic mass is 9.95. The Morgan fingerprint density at radius 1 is 1.06 bits per heavy atom. The first-order valence-electron chi connectivity index (χ1n) is 11.2. The Morgan fingerprint density at radius 3 is 2.56 bits per heavy atom. The van der Waals surface area contributed by atoms with Crippen LogP contribution in [0.2, 0.25) is 0 Å². The summed E-state index contributed by atoms with van der Waals surface area (Å²) in [6, 6.07) is 8.60. The normalized spacial score (nSPS) is 19.5. The third-order valence-corrected chi connectivity index (χ3v) is 6.63. The summed E-state index contributed by atoms with van der Waals surface area (Å²) < 4.78 is 5.18. The second kappa shape index (κ2) is 8.61. The van der Waals surface area contributed by atoms with E-state index in [1.165, 1.54) is 0 Å². The Kier molecular flexibility index (Phi) is 5.51. The first-order chi connectivity index (χ1) is 15.6. The van der Waals surface area contributed by atoms with Crippen molar-refractivity contribution in [3.63, 3.8) is 0 Å². The maximum Gasteiger partial charge on any atom is 0.254 e. The molecule has 1 unspecified atom stereocenters. The highest BCUT2D eigenvalue weighted by molar-refractivity contribution is 5.98. The number of imidazole rings is 1. The molecular weight excluding hydrogens is 406 g/mol. The molecule has 1 aromatic carbocycles. The second-order valence-electron chi connectivity index (χ2n) is 8.50. The first kappa shape index (κ1) is 20.5. The number of aromatic amines is 1. The van der Waals surface area contributed by atoms with Gasteiger partial charge < -0.3 is 19.5 Å². The van der Waals surface area contributed by atoms with E-state index in [-0.39, 0.29) is 17.9 Å². The molecule has 2 fully saturated rings. The number of carbonyl (C=O) groups is 2. The first-order valence-corrected chi connectivity index (χ1v) is 11.2.